The van der Waals surface area contributed by atoms with Gasteiger partial charge in [0.1, 0.15) is 16.5 Å². The van der Waals surface area contributed by atoms with Crippen molar-refractivity contribution in [3.63, 3.8) is 0 Å². The number of hydrogen-bond donors (Lipinski definition) is 3. The highest BCUT2D eigenvalue weighted by Gasteiger charge is 2.27. The fourth-order valence-corrected chi connectivity index (χ4v) is 4.15. The first-order chi connectivity index (χ1) is 16.6. The zero-order valence-electron chi connectivity index (χ0n) is 20.2. The maximum atomic E-state index is 13.2. The minimum Gasteiger partial charge on any atom is -0.496 e. The van der Waals surface area contributed by atoms with Crippen LogP contribution in [0.25, 0.3) is 0 Å². The molecule has 1 heterocycles. The summed E-state index contributed by atoms with van der Waals surface area (Å²) < 4.78 is 38.4. The lowest BCUT2D eigenvalue weighted by Gasteiger charge is -2.21. The van der Waals surface area contributed by atoms with Crippen molar-refractivity contribution in [1.82, 2.24) is 14.6 Å². The molecular weight excluding hydrogens is 478 g/mol. The molecule has 0 atom stereocenters. The van der Waals surface area contributed by atoms with Gasteiger partial charge >= 0.3 is 6.03 Å². The second-order valence-corrected chi connectivity index (χ2v) is 8.74. The van der Waals surface area contributed by atoms with Crippen molar-refractivity contribution in [1.29, 1.82) is 0 Å². The van der Waals surface area contributed by atoms with E-state index in [-0.39, 0.29) is 35.3 Å². The van der Waals surface area contributed by atoms with E-state index in [1.54, 1.807) is 20.8 Å². The fraction of sp³-hybridized carbons (Fsp3) is 0.364. The van der Waals surface area contributed by atoms with Crippen LogP contribution in [0.5, 0.6) is 11.6 Å². The first kappa shape index (κ1) is 27.4. The molecule has 35 heavy (non-hydrogen) atoms. The lowest BCUT2D eigenvalue weighted by molar-refractivity contribution is -0.115. The molecule has 13 heteroatoms. The van der Waals surface area contributed by atoms with Crippen LogP contribution in [-0.2, 0) is 14.8 Å². The molecule has 0 aliphatic carbocycles. The molecule has 0 saturated heterocycles. The van der Waals surface area contributed by atoms with E-state index in [1.165, 1.54) is 43.4 Å². The van der Waals surface area contributed by atoms with Crippen molar-refractivity contribution in [2.75, 3.05) is 37.9 Å². The molecule has 0 radical (unpaired) electrons. The number of rotatable bonds is 10. The Morgan fingerprint density at radius 3 is 2.23 bits per heavy atom. The molecule has 0 unspecified atom stereocenters. The molecular formula is C22H29N5O7S. The largest absolute Gasteiger partial charge is 0.496 e. The Morgan fingerprint density at radius 1 is 0.971 bits per heavy atom. The third kappa shape index (κ3) is 7.06. The van der Waals surface area contributed by atoms with Crippen molar-refractivity contribution in [2.24, 2.45) is 0 Å². The van der Waals surface area contributed by atoms with Gasteiger partial charge in [0, 0.05) is 37.3 Å². The van der Waals surface area contributed by atoms with E-state index >= 15 is 0 Å². The lowest BCUT2D eigenvalue weighted by atomic mass is 10.1. The molecule has 1 aromatic heterocycles. The van der Waals surface area contributed by atoms with Crippen LogP contribution >= 0.6 is 0 Å². The van der Waals surface area contributed by atoms with E-state index in [4.69, 9.17) is 9.47 Å². The molecule has 0 fully saturated rings. The lowest BCUT2D eigenvalue weighted by Crippen LogP contribution is -2.37. The number of benzene rings is 1. The third-order valence-corrected chi connectivity index (χ3v) is 6.22. The summed E-state index contributed by atoms with van der Waals surface area (Å²) in [6.45, 7) is 5.85. The topological polar surface area (TPSA) is 156 Å². The molecule has 190 valence electrons. The Balaban J connectivity index is 2.43. The van der Waals surface area contributed by atoms with Gasteiger partial charge < -0.3 is 19.7 Å². The summed E-state index contributed by atoms with van der Waals surface area (Å²) in [5.74, 6) is -0.462. The quantitative estimate of drug-likeness (QED) is 0.443. The average molecular weight is 508 g/mol. The SMILES string of the molecule is CCC(=O)Nc1ccc(C(=O)N(CC)CC)c(S(=O)(=O)NC(=O)Nc2cc(OC)cc(OC)n2)c1. The van der Waals surface area contributed by atoms with Gasteiger partial charge in [-0.25, -0.2) is 17.9 Å². The minimum absolute atomic E-state index is 0.0303. The number of nitrogens with one attached hydrogen (secondary N) is 3. The highest BCUT2D eigenvalue weighted by atomic mass is 32.2. The molecule has 0 spiro atoms. The number of methoxy groups -OCH3 is 2. The van der Waals surface area contributed by atoms with Crippen LogP contribution < -0.4 is 24.8 Å². The Morgan fingerprint density at radius 2 is 1.66 bits per heavy atom. The smallest absolute Gasteiger partial charge is 0.334 e. The average Bonchev–Trinajstić information content (AvgIpc) is 2.83. The van der Waals surface area contributed by atoms with Crippen LogP contribution in [0.1, 0.15) is 37.6 Å². The van der Waals surface area contributed by atoms with Gasteiger partial charge in [-0.2, -0.15) is 4.98 Å². The zero-order chi connectivity index (χ0) is 26.2. The van der Waals surface area contributed by atoms with E-state index in [0.29, 0.717) is 18.8 Å². The highest BCUT2D eigenvalue weighted by molar-refractivity contribution is 7.90. The van der Waals surface area contributed by atoms with Gasteiger partial charge in [0.2, 0.25) is 11.8 Å². The van der Waals surface area contributed by atoms with Crippen molar-refractivity contribution in [2.45, 2.75) is 32.1 Å². The van der Waals surface area contributed by atoms with E-state index in [9.17, 15) is 22.8 Å². The number of carbonyl (C=O) groups excluding carboxylic acids is 3. The maximum absolute atomic E-state index is 13.2. The van der Waals surface area contributed by atoms with E-state index in [1.807, 2.05) is 4.72 Å². The Bertz CT molecular complexity index is 1170. The number of ether oxygens (including phenoxy) is 2. The first-order valence-electron chi connectivity index (χ1n) is 10.7. The second-order valence-electron chi connectivity index (χ2n) is 7.08. The van der Waals surface area contributed by atoms with E-state index < -0.39 is 26.9 Å². The van der Waals surface area contributed by atoms with Crippen molar-refractivity contribution in [3.05, 3.63) is 35.9 Å². The summed E-state index contributed by atoms with van der Waals surface area (Å²) >= 11 is 0. The zero-order valence-corrected chi connectivity index (χ0v) is 21.0. The normalized spacial score (nSPS) is 10.8. The van der Waals surface area contributed by atoms with Crippen LogP contribution in [0.3, 0.4) is 0 Å². The molecule has 4 amide bonds. The summed E-state index contributed by atoms with van der Waals surface area (Å²) in [7, 11) is -1.78. The molecule has 2 rings (SSSR count). The standard InChI is InChI=1S/C22H29N5O7S/c1-6-19(28)23-14-9-10-16(21(29)27(7-2)8-3)17(11-14)35(31,32)26-22(30)25-18-12-15(33-4)13-20(24-18)34-5/h9-13H,6-8H2,1-5H3,(H,23,28)(H2,24,25,26,30). The summed E-state index contributed by atoms with van der Waals surface area (Å²) in [6.07, 6.45) is 0.167. The number of urea groups is 1. The number of pyridine rings is 1. The fourth-order valence-electron chi connectivity index (χ4n) is 3.02. The van der Waals surface area contributed by atoms with Gasteiger partial charge in [0.25, 0.3) is 15.9 Å². The highest BCUT2D eigenvalue weighted by Crippen LogP contribution is 2.24. The second kappa shape index (κ2) is 12.0. The van der Waals surface area contributed by atoms with Crippen molar-refractivity contribution < 1.29 is 32.3 Å². The predicted octanol–water partition coefficient (Wildman–Crippen LogP) is 2.44. The van der Waals surface area contributed by atoms with Crippen LogP contribution in [0.2, 0.25) is 0 Å². The number of nitrogens with zero attached hydrogens (tertiary/aromatic N) is 2. The number of anilines is 2. The summed E-state index contributed by atoms with van der Waals surface area (Å²) in [5.41, 5.74) is 0.0117. The predicted molar refractivity (Wildman–Crippen MR) is 129 cm³/mol. The number of amides is 4. The molecule has 2 aromatic rings. The monoisotopic (exact) mass is 507 g/mol. The summed E-state index contributed by atoms with van der Waals surface area (Å²) in [4.78, 5) is 42.3. The van der Waals surface area contributed by atoms with Gasteiger partial charge in [-0.3, -0.25) is 14.9 Å². The minimum atomic E-state index is -4.55. The molecule has 0 saturated carbocycles. The molecule has 1 aromatic carbocycles. The van der Waals surface area contributed by atoms with Crippen LogP contribution in [0, 0.1) is 0 Å². The molecule has 0 bridgehead atoms. The van der Waals surface area contributed by atoms with Crippen molar-refractivity contribution >= 4 is 39.4 Å². The van der Waals surface area contributed by atoms with Crippen LogP contribution in [-0.4, -0.2) is 63.5 Å². The Labute approximate surface area is 204 Å². The van der Waals surface area contributed by atoms with Gasteiger partial charge in [-0.15, -0.1) is 0 Å². The molecule has 0 aliphatic heterocycles. The summed E-state index contributed by atoms with van der Waals surface area (Å²) in [6, 6.07) is 5.57. The van der Waals surface area contributed by atoms with Crippen LogP contribution in [0.15, 0.2) is 35.2 Å². The number of carbonyl (C=O) groups is 3. The number of aromatic nitrogens is 1. The van der Waals surface area contributed by atoms with E-state index in [2.05, 4.69) is 15.6 Å². The maximum Gasteiger partial charge on any atom is 0.334 e. The molecule has 0 aliphatic rings. The first-order valence-corrected chi connectivity index (χ1v) is 12.2. The third-order valence-electron chi connectivity index (χ3n) is 4.85. The van der Waals surface area contributed by atoms with Gasteiger partial charge in [-0.05, 0) is 32.0 Å². The van der Waals surface area contributed by atoms with Gasteiger partial charge in [-0.1, -0.05) is 6.92 Å². The summed E-state index contributed by atoms with van der Waals surface area (Å²) in [5, 5.41) is 4.85. The number of sulfonamides is 1. The molecule has 12 nitrogen and oxygen atoms in total. The van der Waals surface area contributed by atoms with Gasteiger partial charge in [0.15, 0.2) is 0 Å². The Hall–Kier alpha value is -3.87. The van der Waals surface area contributed by atoms with Crippen LogP contribution in [0.4, 0.5) is 16.3 Å². The van der Waals surface area contributed by atoms with Crippen molar-refractivity contribution in [3.8, 4) is 11.6 Å². The number of hydrogen-bond acceptors (Lipinski definition) is 8. The van der Waals surface area contributed by atoms with E-state index in [0.717, 1.165) is 6.07 Å². The Kier molecular flexibility index (Phi) is 9.40. The van der Waals surface area contributed by atoms with Gasteiger partial charge in [0.05, 0.1) is 19.8 Å². The molecule has 3 N–H and O–H groups in total.